The number of azide groups is 1. The van der Waals surface area contributed by atoms with Crippen molar-refractivity contribution >= 4 is 5.82 Å². The fraction of sp³-hybridized carbons (Fsp3) is 0. The average molecular weight is 146 g/mol. The molecule has 0 saturated carbocycles. The van der Waals surface area contributed by atoms with Crippen LogP contribution in [-0.2, 0) is 0 Å². The fourth-order valence-electron chi connectivity index (χ4n) is 0.525. The molecular formula is C5H2N6. The van der Waals surface area contributed by atoms with E-state index >= 15 is 0 Å². The molecule has 0 radical (unpaired) electrons. The molecule has 1 aromatic rings. The Morgan fingerprint density at radius 2 is 2.27 bits per heavy atom. The van der Waals surface area contributed by atoms with Gasteiger partial charge in [0.15, 0.2) is 11.5 Å². The van der Waals surface area contributed by atoms with Gasteiger partial charge in [0, 0.05) is 17.3 Å². The maximum absolute atomic E-state index is 8.41. The SMILES string of the molecule is N#Cc1nccnc1N=[N+]=[N-]. The van der Waals surface area contributed by atoms with Crippen molar-refractivity contribution in [1.82, 2.24) is 9.97 Å². The first-order valence-corrected chi connectivity index (χ1v) is 2.64. The summed E-state index contributed by atoms with van der Waals surface area (Å²) < 4.78 is 0. The lowest BCUT2D eigenvalue weighted by atomic mass is 10.4. The van der Waals surface area contributed by atoms with Crippen LogP contribution in [0.4, 0.5) is 5.82 Å². The van der Waals surface area contributed by atoms with E-state index in [1.807, 2.05) is 0 Å². The number of aromatic nitrogens is 2. The van der Waals surface area contributed by atoms with Gasteiger partial charge in [0.05, 0.1) is 0 Å². The normalized spacial score (nSPS) is 7.91. The Morgan fingerprint density at radius 1 is 1.55 bits per heavy atom. The molecule has 0 amide bonds. The molecule has 0 N–H and O–H groups in total. The second-order valence-electron chi connectivity index (χ2n) is 1.53. The van der Waals surface area contributed by atoms with Gasteiger partial charge in [0.2, 0.25) is 0 Å². The Morgan fingerprint density at radius 3 is 2.91 bits per heavy atom. The molecule has 0 aromatic carbocycles. The van der Waals surface area contributed by atoms with Gasteiger partial charge < -0.3 is 0 Å². The number of hydrogen-bond acceptors (Lipinski definition) is 4. The topological polar surface area (TPSA) is 98.3 Å². The molecule has 1 rings (SSSR count). The fourth-order valence-corrected chi connectivity index (χ4v) is 0.525. The number of nitrogens with zero attached hydrogens (tertiary/aromatic N) is 6. The van der Waals surface area contributed by atoms with Gasteiger partial charge in [-0.05, 0) is 10.6 Å². The minimum absolute atomic E-state index is 0.0116. The third-order valence-electron chi connectivity index (χ3n) is 0.924. The molecule has 6 nitrogen and oxygen atoms in total. The highest BCUT2D eigenvalue weighted by molar-refractivity contribution is 5.40. The molecule has 11 heavy (non-hydrogen) atoms. The second kappa shape index (κ2) is 3.15. The molecule has 0 spiro atoms. The summed E-state index contributed by atoms with van der Waals surface area (Å²) in [6.07, 6.45) is 2.71. The van der Waals surface area contributed by atoms with Gasteiger partial charge in [-0.25, -0.2) is 4.98 Å². The first-order valence-electron chi connectivity index (χ1n) is 2.64. The van der Waals surface area contributed by atoms with Crippen molar-refractivity contribution in [3.63, 3.8) is 0 Å². The van der Waals surface area contributed by atoms with E-state index in [9.17, 15) is 0 Å². The highest BCUT2D eigenvalue weighted by atomic mass is 15.2. The lowest BCUT2D eigenvalue weighted by molar-refractivity contribution is 1.14. The van der Waals surface area contributed by atoms with Gasteiger partial charge in [0.1, 0.15) is 6.07 Å². The third kappa shape index (κ3) is 1.41. The van der Waals surface area contributed by atoms with Gasteiger partial charge in [-0.15, -0.1) is 0 Å². The molecule has 1 aromatic heterocycles. The number of hydrogen-bond donors (Lipinski definition) is 0. The zero-order chi connectivity index (χ0) is 8.10. The molecule has 0 saturated heterocycles. The second-order valence-corrected chi connectivity index (χ2v) is 1.53. The zero-order valence-corrected chi connectivity index (χ0v) is 5.34. The van der Waals surface area contributed by atoms with Gasteiger partial charge in [-0.2, -0.15) is 5.26 Å². The Kier molecular flexibility index (Phi) is 2.00. The molecule has 1 heterocycles. The van der Waals surface area contributed by atoms with Crippen LogP contribution in [0.3, 0.4) is 0 Å². The van der Waals surface area contributed by atoms with Crippen LogP contribution in [0.1, 0.15) is 5.69 Å². The number of nitriles is 1. The first-order chi connectivity index (χ1) is 5.38. The van der Waals surface area contributed by atoms with Crippen molar-refractivity contribution in [3.05, 3.63) is 28.5 Å². The van der Waals surface area contributed by atoms with Crippen molar-refractivity contribution < 1.29 is 0 Å². The predicted octanol–water partition coefficient (Wildman–Crippen LogP) is 1.29. The predicted molar refractivity (Wildman–Crippen MR) is 35.6 cm³/mol. The summed E-state index contributed by atoms with van der Waals surface area (Å²) in [7, 11) is 0. The van der Waals surface area contributed by atoms with E-state index < -0.39 is 0 Å². The van der Waals surface area contributed by atoms with Crippen molar-refractivity contribution in [2.75, 3.05) is 0 Å². The summed E-state index contributed by atoms with van der Waals surface area (Å²) in [4.78, 5) is 9.75. The number of rotatable bonds is 1. The first kappa shape index (κ1) is 6.99. The molecule has 0 bridgehead atoms. The maximum Gasteiger partial charge on any atom is 0.168 e. The summed E-state index contributed by atoms with van der Waals surface area (Å²) in [6, 6.07) is 1.74. The average Bonchev–Trinajstić information content (AvgIpc) is 2.06. The molecule has 52 valence electrons. The van der Waals surface area contributed by atoms with E-state index in [1.165, 1.54) is 12.4 Å². The molecule has 0 fully saturated rings. The Labute approximate surface area is 61.8 Å². The standard InChI is InChI=1S/C5H2N6/c6-3-4-5(10-11-7)9-2-1-8-4/h1-2H. The van der Waals surface area contributed by atoms with Crippen LogP contribution in [0.2, 0.25) is 0 Å². The van der Waals surface area contributed by atoms with Gasteiger partial charge in [0.25, 0.3) is 0 Å². The zero-order valence-electron chi connectivity index (χ0n) is 5.34. The van der Waals surface area contributed by atoms with Crippen LogP contribution in [0.15, 0.2) is 17.5 Å². The van der Waals surface area contributed by atoms with E-state index in [4.69, 9.17) is 10.8 Å². The molecule has 0 aliphatic carbocycles. The summed E-state index contributed by atoms with van der Waals surface area (Å²) in [5, 5.41) is 11.6. The van der Waals surface area contributed by atoms with E-state index in [-0.39, 0.29) is 11.5 Å². The Balaban J connectivity index is 3.25. The highest BCUT2D eigenvalue weighted by Crippen LogP contribution is 2.09. The van der Waals surface area contributed by atoms with E-state index in [0.29, 0.717) is 0 Å². The molecule has 0 aliphatic rings. The van der Waals surface area contributed by atoms with Crippen LogP contribution < -0.4 is 0 Å². The summed E-state index contributed by atoms with van der Waals surface area (Å²) in [5.74, 6) is 0.0116. The quantitative estimate of drug-likeness (QED) is 0.339. The Bertz CT molecular complexity index is 344. The monoisotopic (exact) mass is 146 g/mol. The van der Waals surface area contributed by atoms with Gasteiger partial charge >= 0.3 is 0 Å². The maximum atomic E-state index is 8.41. The minimum atomic E-state index is 0.0116. The minimum Gasteiger partial charge on any atom is -0.250 e. The summed E-state index contributed by atoms with van der Waals surface area (Å²) in [6.45, 7) is 0. The molecule has 6 heteroatoms. The van der Waals surface area contributed by atoms with Crippen molar-refractivity contribution in [2.45, 2.75) is 0 Å². The lowest BCUT2D eigenvalue weighted by Crippen LogP contribution is -1.83. The van der Waals surface area contributed by atoms with E-state index in [2.05, 4.69) is 20.0 Å². The van der Waals surface area contributed by atoms with Gasteiger partial charge in [-0.1, -0.05) is 0 Å². The van der Waals surface area contributed by atoms with Crippen molar-refractivity contribution in [1.29, 1.82) is 5.26 Å². The van der Waals surface area contributed by atoms with Crippen molar-refractivity contribution in [2.24, 2.45) is 5.11 Å². The van der Waals surface area contributed by atoms with E-state index in [0.717, 1.165) is 0 Å². The summed E-state index contributed by atoms with van der Waals surface area (Å²) >= 11 is 0. The van der Waals surface area contributed by atoms with Crippen LogP contribution in [0.5, 0.6) is 0 Å². The molecule has 0 atom stereocenters. The third-order valence-corrected chi connectivity index (χ3v) is 0.924. The lowest BCUT2D eigenvalue weighted by Gasteiger charge is -1.89. The molecular weight excluding hydrogens is 144 g/mol. The smallest absolute Gasteiger partial charge is 0.168 e. The highest BCUT2D eigenvalue weighted by Gasteiger charge is 1.98. The molecule has 0 unspecified atom stereocenters. The largest absolute Gasteiger partial charge is 0.250 e. The van der Waals surface area contributed by atoms with Crippen molar-refractivity contribution in [3.8, 4) is 6.07 Å². The van der Waals surface area contributed by atoms with E-state index in [1.54, 1.807) is 6.07 Å². The van der Waals surface area contributed by atoms with Gasteiger partial charge in [-0.3, -0.25) is 4.98 Å². The molecule has 0 aliphatic heterocycles. The summed E-state index contributed by atoms with van der Waals surface area (Å²) in [5.41, 5.74) is 8.05. The van der Waals surface area contributed by atoms with Crippen LogP contribution in [0, 0.1) is 11.3 Å². The van der Waals surface area contributed by atoms with Crippen LogP contribution in [0.25, 0.3) is 10.4 Å². The van der Waals surface area contributed by atoms with Crippen LogP contribution in [-0.4, -0.2) is 9.97 Å². The Hall–Kier alpha value is -2.12. The van der Waals surface area contributed by atoms with Crippen LogP contribution >= 0.6 is 0 Å².